The highest BCUT2D eigenvalue weighted by atomic mass is 32.1. The summed E-state index contributed by atoms with van der Waals surface area (Å²) in [4.78, 5) is 24.4. The first-order valence-corrected chi connectivity index (χ1v) is 7.24. The molecule has 0 saturated carbocycles. The van der Waals surface area contributed by atoms with Crippen LogP contribution in [0.2, 0.25) is 0 Å². The zero-order valence-electron chi connectivity index (χ0n) is 11.1. The molecule has 0 spiro atoms. The van der Waals surface area contributed by atoms with Crippen molar-refractivity contribution in [2.45, 2.75) is 6.54 Å². The molecule has 0 bridgehead atoms. The van der Waals surface area contributed by atoms with E-state index >= 15 is 0 Å². The predicted octanol–water partition coefficient (Wildman–Crippen LogP) is 2.53. The zero-order valence-corrected chi connectivity index (χ0v) is 11.9. The van der Waals surface area contributed by atoms with Crippen LogP contribution in [0.3, 0.4) is 0 Å². The van der Waals surface area contributed by atoms with E-state index in [0.29, 0.717) is 12.1 Å². The van der Waals surface area contributed by atoms with E-state index in [4.69, 9.17) is 0 Å². The Balaban J connectivity index is 1.64. The molecule has 1 N–H and O–H groups in total. The van der Waals surface area contributed by atoms with Gasteiger partial charge in [-0.25, -0.2) is 4.98 Å². The number of nitrogens with one attached hydrogen (secondary N) is 1. The number of hydrogen-bond acceptors (Lipinski definition) is 5. The predicted molar refractivity (Wildman–Crippen MR) is 80.8 cm³/mol. The summed E-state index contributed by atoms with van der Waals surface area (Å²) in [5, 5.41) is 5.67. The number of amides is 1. The third-order valence-corrected chi connectivity index (χ3v) is 3.70. The third kappa shape index (κ3) is 3.29. The molecule has 104 valence electrons. The highest BCUT2D eigenvalue weighted by Crippen LogP contribution is 2.20. The van der Waals surface area contributed by atoms with Crippen molar-refractivity contribution in [3.8, 4) is 11.3 Å². The van der Waals surface area contributed by atoms with Crippen molar-refractivity contribution < 1.29 is 4.79 Å². The van der Waals surface area contributed by atoms with Gasteiger partial charge in [0, 0.05) is 41.3 Å². The average Bonchev–Trinajstić information content (AvgIpc) is 3.03. The Bertz CT molecular complexity index is 728. The van der Waals surface area contributed by atoms with E-state index < -0.39 is 0 Å². The Morgan fingerprint density at radius 1 is 1.14 bits per heavy atom. The monoisotopic (exact) mass is 296 g/mol. The maximum Gasteiger partial charge on any atom is 0.251 e. The second-order valence-corrected chi connectivity index (χ2v) is 5.23. The summed E-state index contributed by atoms with van der Waals surface area (Å²) in [5.74, 6) is -0.129. The molecule has 1 amide bonds. The lowest BCUT2D eigenvalue weighted by atomic mass is 10.2. The summed E-state index contributed by atoms with van der Waals surface area (Å²) in [5.41, 5.74) is 2.44. The minimum absolute atomic E-state index is 0.129. The molecule has 3 aromatic rings. The van der Waals surface area contributed by atoms with Gasteiger partial charge in [-0.3, -0.25) is 14.8 Å². The number of nitrogens with zero attached hydrogens (tertiary/aromatic N) is 3. The van der Waals surface area contributed by atoms with Crippen LogP contribution >= 0.6 is 11.3 Å². The minimum Gasteiger partial charge on any atom is -0.346 e. The highest BCUT2D eigenvalue weighted by Gasteiger charge is 2.07. The molecule has 21 heavy (non-hydrogen) atoms. The Morgan fingerprint density at radius 2 is 2.00 bits per heavy atom. The molecule has 0 aliphatic rings. The van der Waals surface area contributed by atoms with Gasteiger partial charge in [-0.15, -0.1) is 11.3 Å². The van der Waals surface area contributed by atoms with Gasteiger partial charge >= 0.3 is 0 Å². The van der Waals surface area contributed by atoms with Crippen LogP contribution in [0.25, 0.3) is 11.3 Å². The van der Waals surface area contributed by atoms with Gasteiger partial charge < -0.3 is 5.32 Å². The van der Waals surface area contributed by atoms with Crippen LogP contribution in [0.15, 0.2) is 54.4 Å². The Morgan fingerprint density at radius 3 is 2.76 bits per heavy atom. The van der Waals surface area contributed by atoms with Crippen molar-refractivity contribution in [1.82, 2.24) is 20.3 Å². The molecule has 0 aromatic carbocycles. The number of rotatable bonds is 4. The fourth-order valence-electron chi connectivity index (χ4n) is 1.80. The Labute approximate surface area is 125 Å². The number of carbonyl (C=O) groups excluding carboxylic acids is 1. The van der Waals surface area contributed by atoms with E-state index in [2.05, 4.69) is 20.3 Å². The van der Waals surface area contributed by atoms with Gasteiger partial charge in [-0.2, -0.15) is 0 Å². The van der Waals surface area contributed by atoms with Crippen LogP contribution in [0, 0.1) is 0 Å². The van der Waals surface area contributed by atoms with Crippen LogP contribution in [-0.4, -0.2) is 20.9 Å². The smallest absolute Gasteiger partial charge is 0.251 e. The number of hydrogen-bond donors (Lipinski definition) is 1. The summed E-state index contributed by atoms with van der Waals surface area (Å²) >= 11 is 1.52. The van der Waals surface area contributed by atoms with Crippen molar-refractivity contribution in [3.63, 3.8) is 0 Å². The van der Waals surface area contributed by atoms with E-state index in [9.17, 15) is 4.79 Å². The van der Waals surface area contributed by atoms with Crippen molar-refractivity contribution in [1.29, 1.82) is 0 Å². The first kappa shape index (κ1) is 13.4. The van der Waals surface area contributed by atoms with Crippen molar-refractivity contribution in [2.24, 2.45) is 0 Å². The first-order valence-electron chi connectivity index (χ1n) is 6.36. The van der Waals surface area contributed by atoms with Crippen LogP contribution in [0.4, 0.5) is 0 Å². The van der Waals surface area contributed by atoms with E-state index in [1.807, 2.05) is 17.5 Å². The normalized spacial score (nSPS) is 10.3. The molecule has 3 heterocycles. The number of pyridine rings is 2. The lowest BCUT2D eigenvalue weighted by Gasteiger charge is -2.02. The second kappa shape index (κ2) is 6.23. The maximum atomic E-state index is 11.9. The average molecular weight is 296 g/mol. The number of aromatic nitrogens is 3. The van der Waals surface area contributed by atoms with Crippen LogP contribution in [-0.2, 0) is 6.54 Å². The van der Waals surface area contributed by atoms with Gasteiger partial charge in [-0.1, -0.05) is 0 Å². The molecular formula is C15H12N4OS. The molecule has 0 radical (unpaired) electrons. The lowest BCUT2D eigenvalue weighted by molar-refractivity contribution is 0.0951. The molecule has 0 saturated heterocycles. The topological polar surface area (TPSA) is 67.8 Å². The summed E-state index contributed by atoms with van der Waals surface area (Å²) in [7, 11) is 0. The Hall–Kier alpha value is -2.60. The highest BCUT2D eigenvalue weighted by molar-refractivity contribution is 7.09. The van der Waals surface area contributed by atoms with E-state index in [0.717, 1.165) is 16.3 Å². The van der Waals surface area contributed by atoms with Gasteiger partial charge in [0.25, 0.3) is 5.91 Å². The SMILES string of the molecule is O=C(NCc1nc(-c2cccnc2)cs1)c1ccncc1. The summed E-state index contributed by atoms with van der Waals surface area (Å²) in [6.07, 6.45) is 6.69. The maximum absolute atomic E-state index is 11.9. The van der Waals surface area contributed by atoms with Crippen LogP contribution in [0.5, 0.6) is 0 Å². The molecule has 0 fully saturated rings. The third-order valence-electron chi connectivity index (χ3n) is 2.85. The molecule has 3 aromatic heterocycles. The van der Waals surface area contributed by atoms with Gasteiger partial charge in [0.15, 0.2) is 0 Å². The van der Waals surface area contributed by atoms with E-state index in [-0.39, 0.29) is 5.91 Å². The number of carbonyl (C=O) groups is 1. The largest absolute Gasteiger partial charge is 0.346 e. The van der Waals surface area contributed by atoms with Crippen molar-refractivity contribution >= 4 is 17.2 Å². The van der Waals surface area contributed by atoms with Crippen LogP contribution < -0.4 is 5.32 Å². The molecule has 6 heteroatoms. The molecular weight excluding hydrogens is 284 g/mol. The van der Waals surface area contributed by atoms with E-state index in [1.54, 1.807) is 36.9 Å². The molecule has 5 nitrogen and oxygen atoms in total. The fraction of sp³-hybridized carbons (Fsp3) is 0.0667. The summed E-state index contributed by atoms with van der Waals surface area (Å²) in [6.45, 7) is 0.409. The molecule has 3 rings (SSSR count). The van der Waals surface area contributed by atoms with Gasteiger partial charge in [0.2, 0.25) is 0 Å². The summed E-state index contributed by atoms with van der Waals surface area (Å²) in [6, 6.07) is 7.19. The molecule has 0 unspecified atom stereocenters. The Kier molecular flexibility index (Phi) is 3.97. The standard InChI is InChI=1S/C15H12N4OS/c20-15(11-3-6-16-7-4-11)18-9-14-19-13(10-21-14)12-2-1-5-17-8-12/h1-8,10H,9H2,(H,18,20). The molecule has 0 aliphatic carbocycles. The van der Waals surface area contributed by atoms with E-state index in [1.165, 1.54) is 11.3 Å². The quantitative estimate of drug-likeness (QED) is 0.803. The molecule has 0 aliphatic heterocycles. The van der Waals surface area contributed by atoms with Crippen molar-refractivity contribution in [2.75, 3.05) is 0 Å². The first-order chi connectivity index (χ1) is 10.3. The van der Waals surface area contributed by atoms with Gasteiger partial charge in [0.05, 0.1) is 12.2 Å². The lowest BCUT2D eigenvalue weighted by Crippen LogP contribution is -2.22. The molecule has 0 atom stereocenters. The second-order valence-electron chi connectivity index (χ2n) is 4.29. The summed E-state index contributed by atoms with van der Waals surface area (Å²) < 4.78 is 0. The fourth-order valence-corrected chi connectivity index (χ4v) is 2.54. The number of thiazole rings is 1. The van der Waals surface area contributed by atoms with Gasteiger partial charge in [-0.05, 0) is 24.3 Å². The van der Waals surface area contributed by atoms with Gasteiger partial charge in [0.1, 0.15) is 5.01 Å². The minimum atomic E-state index is -0.129. The zero-order chi connectivity index (χ0) is 14.5. The van der Waals surface area contributed by atoms with Crippen LogP contribution in [0.1, 0.15) is 15.4 Å². The van der Waals surface area contributed by atoms with Crippen molar-refractivity contribution in [3.05, 3.63) is 65.0 Å².